The van der Waals surface area contributed by atoms with E-state index in [-0.39, 0.29) is 5.82 Å². The molecule has 0 spiro atoms. The van der Waals surface area contributed by atoms with E-state index in [1.807, 2.05) is 18.7 Å². The van der Waals surface area contributed by atoms with E-state index in [1.54, 1.807) is 19.1 Å². The summed E-state index contributed by atoms with van der Waals surface area (Å²) in [6.45, 7) is 2.36. The number of benzene rings is 1. The summed E-state index contributed by atoms with van der Waals surface area (Å²) in [5.74, 6) is 0.626. The second-order valence-corrected chi connectivity index (χ2v) is 4.58. The van der Waals surface area contributed by atoms with E-state index < -0.39 is 0 Å². The van der Waals surface area contributed by atoms with Crippen molar-refractivity contribution in [1.29, 1.82) is 0 Å². The highest BCUT2D eigenvalue weighted by molar-refractivity contribution is 6.32. The molecule has 96 valence electrons. The maximum atomic E-state index is 13.3. The predicted molar refractivity (Wildman–Crippen MR) is 71.1 cm³/mol. The number of imidazole rings is 1. The van der Waals surface area contributed by atoms with Crippen molar-refractivity contribution in [3.8, 4) is 11.3 Å². The molecule has 1 aromatic heterocycles. The molecular formula is C13H15ClFN3. The van der Waals surface area contributed by atoms with Crippen LogP contribution in [0.3, 0.4) is 0 Å². The van der Waals surface area contributed by atoms with Crippen LogP contribution in [0.25, 0.3) is 11.3 Å². The van der Waals surface area contributed by atoms with Crippen molar-refractivity contribution in [3.05, 3.63) is 40.6 Å². The lowest BCUT2D eigenvalue weighted by Gasteiger charge is -2.01. The van der Waals surface area contributed by atoms with E-state index in [2.05, 4.69) is 10.3 Å². The van der Waals surface area contributed by atoms with Crippen molar-refractivity contribution >= 4 is 11.6 Å². The van der Waals surface area contributed by atoms with Crippen molar-refractivity contribution in [2.75, 3.05) is 7.05 Å². The van der Waals surface area contributed by atoms with Crippen molar-refractivity contribution in [2.45, 2.75) is 13.5 Å². The fourth-order valence-electron chi connectivity index (χ4n) is 1.81. The van der Waals surface area contributed by atoms with Gasteiger partial charge in [-0.3, -0.25) is 0 Å². The van der Waals surface area contributed by atoms with Crippen LogP contribution in [0.2, 0.25) is 5.15 Å². The fraction of sp³-hybridized carbons (Fsp3) is 0.308. The van der Waals surface area contributed by atoms with Gasteiger partial charge in [0, 0.05) is 12.6 Å². The number of halogens is 2. The number of hydrogen-bond donors (Lipinski definition) is 1. The average molecular weight is 268 g/mol. The molecule has 2 aromatic rings. The van der Waals surface area contributed by atoms with Crippen LogP contribution in [0.15, 0.2) is 18.2 Å². The van der Waals surface area contributed by atoms with Gasteiger partial charge in [0.1, 0.15) is 22.5 Å². The van der Waals surface area contributed by atoms with Crippen molar-refractivity contribution in [2.24, 2.45) is 7.05 Å². The van der Waals surface area contributed by atoms with Crippen LogP contribution < -0.4 is 5.32 Å². The summed E-state index contributed by atoms with van der Waals surface area (Å²) in [5.41, 5.74) is 2.11. The zero-order chi connectivity index (χ0) is 13.3. The van der Waals surface area contributed by atoms with E-state index in [0.717, 1.165) is 11.4 Å². The quantitative estimate of drug-likeness (QED) is 0.927. The Balaban J connectivity index is 2.50. The van der Waals surface area contributed by atoms with Gasteiger partial charge in [0.25, 0.3) is 0 Å². The SMILES string of the molecule is CNCc1nc(-c2ccc(F)c(C)c2)c(Cl)n1C. The molecule has 0 aliphatic heterocycles. The Kier molecular flexibility index (Phi) is 3.68. The Morgan fingerprint density at radius 1 is 1.44 bits per heavy atom. The smallest absolute Gasteiger partial charge is 0.136 e. The molecule has 0 atom stereocenters. The van der Waals surface area contributed by atoms with Crippen LogP contribution in [-0.4, -0.2) is 16.6 Å². The Bertz CT molecular complexity index is 578. The third-order valence-electron chi connectivity index (χ3n) is 2.88. The van der Waals surface area contributed by atoms with Gasteiger partial charge in [0.05, 0.1) is 6.54 Å². The second-order valence-electron chi connectivity index (χ2n) is 4.22. The van der Waals surface area contributed by atoms with Gasteiger partial charge in [-0.1, -0.05) is 11.6 Å². The largest absolute Gasteiger partial charge is 0.321 e. The molecule has 0 amide bonds. The molecule has 1 aromatic carbocycles. The van der Waals surface area contributed by atoms with Gasteiger partial charge < -0.3 is 9.88 Å². The summed E-state index contributed by atoms with van der Waals surface area (Å²) < 4.78 is 15.1. The van der Waals surface area contributed by atoms with Crippen LogP contribution in [-0.2, 0) is 13.6 Å². The monoisotopic (exact) mass is 267 g/mol. The number of nitrogens with zero attached hydrogens (tertiary/aromatic N) is 2. The highest BCUT2D eigenvalue weighted by atomic mass is 35.5. The Hall–Kier alpha value is -1.39. The minimum absolute atomic E-state index is 0.221. The number of aryl methyl sites for hydroxylation is 1. The Morgan fingerprint density at radius 2 is 2.17 bits per heavy atom. The van der Waals surface area contributed by atoms with E-state index in [9.17, 15) is 4.39 Å². The first-order valence-corrected chi connectivity index (χ1v) is 6.04. The molecule has 0 saturated carbocycles. The standard InChI is InChI=1S/C13H15ClFN3/c1-8-6-9(4-5-10(8)15)12-13(14)18(3)11(17-12)7-16-2/h4-6,16H,7H2,1-3H3. The molecule has 1 heterocycles. The topological polar surface area (TPSA) is 29.9 Å². The van der Waals surface area contributed by atoms with Crippen molar-refractivity contribution < 1.29 is 4.39 Å². The van der Waals surface area contributed by atoms with E-state index in [0.29, 0.717) is 23.0 Å². The molecular weight excluding hydrogens is 253 g/mol. The lowest BCUT2D eigenvalue weighted by molar-refractivity contribution is 0.619. The highest BCUT2D eigenvalue weighted by Gasteiger charge is 2.14. The van der Waals surface area contributed by atoms with Crippen LogP contribution in [0.4, 0.5) is 4.39 Å². The zero-order valence-corrected chi connectivity index (χ0v) is 11.3. The molecule has 0 unspecified atom stereocenters. The molecule has 0 radical (unpaired) electrons. The third-order valence-corrected chi connectivity index (χ3v) is 3.32. The van der Waals surface area contributed by atoms with Gasteiger partial charge in [0.15, 0.2) is 0 Å². The first-order chi connectivity index (χ1) is 8.54. The van der Waals surface area contributed by atoms with E-state index in [1.165, 1.54) is 6.07 Å². The summed E-state index contributed by atoms with van der Waals surface area (Å²) in [6.07, 6.45) is 0. The molecule has 0 aliphatic rings. The van der Waals surface area contributed by atoms with Crippen LogP contribution in [0.1, 0.15) is 11.4 Å². The minimum atomic E-state index is -0.221. The number of aromatic nitrogens is 2. The molecule has 5 heteroatoms. The lowest BCUT2D eigenvalue weighted by atomic mass is 10.1. The van der Waals surface area contributed by atoms with Gasteiger partial charge in [-0.15, -0.1) is 0 Å². The lowest BCUT2D eigenvalue weighted by Crippen LogP contribution is -2.10. The maximum Gasteiger partial charge on any atom is 0.136 e. The van der Waals surface area contributed by atoms with Gasteiger partial charge in [-0.2, -0.15) is 0 Å². The average Bonchev–Trinajstić information content (AvgIpc) is 2.62. The maximum absolute atomic E-state index is 13.3. The Morgan fingerprint density at radius 3 is 2.78 bits per heavy atom. The molecule has 2 rings (SSSR count). The van der Waals surface area contributed by atoms with Crippen molar-refractivity contribution in [3.63, 3.8) is 0 Å². The summed E-state index contributed by atoms with van der Waals surface area (Å²) >= 11 is 6.26. The molecule has 1 N–H and O–H groups in total. The van der Waals surface area contributed by atoms with E-state index >= 15 is 0 Å². The summed E-state index contributed by atoms with van der Waals surface area (Å²) in [4.78, 5) is 4.49. The first-order valence-electron chi connectivity index (χ1n) is 5.66. The predicted octanol–water partition coefficient (Wildman–Crippen LogP) is 2.91. The fourth-order valence-corrected chi connectivity index (χ4v) is 2.06. The van der Waals surface area contributed by atoms with Gasteiger partial charge in [-0.25, -0.2) is 9.37 Å². The Labute approximate surface area is 111 Å². The zero-order valence-electron chi connectivity index (χ0n) is 10.6. The molecule has 0 bridgehead atoms. The van der Waals surface area contributed by atoms with E-state index in [4.69, 9.17) is 11.6 Å². The molecule has 0 saturated heterocycles. The van der Waals surface area contributed by atoms with Crippen LogP contribution in [0, 0.1) is 12.7 Å². The molecule has 0 aliphatic carbocycles. The number of rotatable bonds is 3. The number of nitrogens with one attached hydrogen (secondary N) is 1. The molecule has 0 fully saturated rings. The van der Waals surface area contributed by atoms with Gasteiger partial charge >= 0.3 is 0 Å². The van der Waals surface area contributed by atoms with Crippen LogP contribution >= 0.6 is 11.6 Å². The summed E-state index contributed by atoms with van der Waals surface area (Å²) in [7, 11) is 3.71. The van der Waals surface area contributed by atoms with Gasteiger partial charge in [-0.05, 0) is 37.7 Å². The number of hydrogen-bond acceptors (Lipinski definition) is 2. The third kappa shape index (κ3) is 2.26. The first kappa shape index (κ1) is 13.1. The summed E-state index contributed by atoms with van der Waals surface area (Å²) in [5, 5.41) is 3.60. The highest BCUT2D eigenvalue weighted by Crippen LogP contribution is 2.28. The molecule has 18 heavy (non-hydrogen) atoms. The van der Waals surface area contributed by atoms with Crippen molar-refractivity contribution in [1.82, 2.24) is 14.9 Å². The summed E-state index contributed by atoms with van der Waals surface area (Å²) in [6, 6.07) is 4.89. The minimum Gasteiger partial charge on any atom is -0.321 e. The molecule has 3 nitrogen and oxygen atoms in total. The van der Waals surface area contributed by atoms with Gasteiger partial charge in [0.2, 0.25) is 0 Å². The van der Waals surface area contributed by atoms with Crippen LogP contribution in [0.5, 0.6) is 0 Å². The normalized spacial score (nSPS) is 10.9. The second kappa shape index (κ2) is 5.08.